The first kappa shape index (κ1) is 21.0. The fourth-order valence-electron chi connectivity index (χ4n) is 3.07. The molecule has 1 unspecified atom stereocenters. The topological polar surface area (TPSA) is 110 Å². The third kappa shape index (κ3) is 4.56. The Labute approximate surface area is 182 Å². The van der Waals surface area contributed by atoms with Crippen molar-refractivity contribution in [2.75, 3.05) is 7.11 Å². The number of hydrogen-bond donors (Lipinski definition) is 0. The fraction of sp³-hybridized carbons (Fsp3) is 0.190. The number of imidazole rings is 1. The Morgan fingerprint density at radius 2 is 1.88 bits per heavy atom. The first-order valence-electron chi connectivity index (χ1n) is 9.64. The summed E-state index contributed by atoms with van der Waals surface area (Å²) in [5.74, 6) is 0.362. The molecule has 10 nitrogen and oxygen atoms in total. The van der Waals surface area contributed by atoms with Crippen molar-refractivity contribution >= 4 is 5.82 Å². The lowest BCUT2D eigenvalue weighted by atomic mass is 10.2. The normalized spacial score (nSPS) is 14.2. The highest BCUT2D eigenvalue weighted by Gasteiger charge is 2.28. The summed E-state index contributed by atoms with van der Waals surface area (Å²) >= 11 is 0. The van der Waals surface area contributed by atoms with Crippen LogP contribution in [0.15, 0.2) is 60.9 Å². The molecule has 0 amide bonds. The van der Waals surface area contributed by atoms with Crippen molar-refractivity contribution in [3.05, 3.63) is 76.9 Å². The van der Waals surface area contributed by atoms with Crippen molar-refractivity contribution < 1.29 is 18.8 Å². The van der Waals surface area contributed by atoms with E-state index in [2.05, 4.69) is 15.3 Å². The largest absolute Gasteiger partial charge is 0.497 e. The molecule has 11 heteroatoms. The van der Waals surface area contributed by atoms with E-state index in [9.17, 15) is 14.5 Å². The quantitative estimate of drug-likeness (QED) is 0.353. The Bertz CT molecular complexity index is 1200. The Morgan fingerprint density at radius 3 is 2.50 bits per heavy atom. The number of aromatic nitrogens is 5. The van der Waals surface area contributed by atoms with Gasteiger partial charge in [0.1, 0.15) is 29.6 Å². The number of fused-ring (bicyclic) bond motifs is 1. The lowest BCUT2D eigenvalue weighted by Crippen LogP contribution is -2.08. The summed E-state index contributed by atoms with van der Waals surface area (Å²) in [4.78, 5) is 13.4. The summed E-state index contributed by atoms with van der Waals surface area (Å²) < 4.78 is 26.5. The van der Waals surface area contributed by atoms with E-state index in [1.807, 2.05) is 31.2 Å². The second kappa shape index (κ2) is 8.84. The molecule has 2 aromatic heterocycles. The lowest BCUT2D eigenvalue weighted by Gasteiger charge is -2.02. The zero-order chi connectivity index (χ0) is 22.7. The van der Waals surface area contributed by atoms with Crippen LogP contribution in [0.3, 0.4) is 0 Å². The van der Waals surface area contributed by atoms with Crippen molar-refractivity contribution in [1.29, 1.82) is 0 Å². The SMILES string of the molecule is CC1Cn2cc([N+](=O)[O-])nc2O1.COc1ccc(-n2cc(-c3ccc(F)cc3)nn2)cc1. The third-order valence-electron chi connectivity index (χ3n) is 4.64. The van der Waals surface area contributed by atoms with Crippen LogP contribution in [0, 0.1) is 15.9 Å². The molecule has 0 spiro atoms. The van der Waals surface area contributed by atoms with E-state index in [-0.39, 0.29) is 17.7 Å². The van der Waals surface area contributed by atoms with Crippen LogP contribution in [0.25, 0.3) is 16.9 Å². The van der Waals surface area contributed by atoms with Gasteiger partial charge in [0.25, 0.3) is 0 Å². The van der Waals surface area contributed by atoms with Gasteiger partial charge in [-0.05, 0) is 60.4 Å². The maximum atomic E-state index is 12.9. The van der Waals surface area contributed by atoms with Gasteiger partial charge in [-0.25, -0.2) is 9.07 Å². The predicted molar refractivity (Wildman–Crippen MR) is 112 cm³/mol. The molecule has 4 aromatic rings. The van der Waals surface area contributed by atoms with Crippen LogP contribution < -0.4 is 9.47 Å². The van der Waals surface area contributed by atoms with Gasteiger partial charge in [-0.3, -0.25) is 4.57 Å². The summed E-state index contributed by atoms with van der Waals surface area (Å²) in [5, 5.41) is 18.4. The van der Waals surface area contributed by atoms with Gasteiger partial charge in [0.15, 0.2) is 0 Å². The molecule has 32 heavy (non-hydrogen) atoms. The summed E-state index contributed by atoms with van der Waals surface area (Å²) in [6, 6.07) is 14.0. The average Bonchev–Trinajstić information content (AvgIpc) is 3.50. The molecule has 3 heterocycles. The van der Waals surface area contributed by atoms with Crippen LogP contribution in [0.5, 0.6) is 11.8 Å². The molecule has 0 bridgehead atoms. The molecule has 0 radical (unpaired) electrons. The first-order valence-corrected chi connectivity index (χ1v) is 9.64. The van der Waals surface area contributed by atoms with E-state index in [1.165, 1.54) is 18.3 Å². The number of rotatable bonds is 4. The minimum absolute atomic E-state index is 0.0632. The molecule has 5 rings (SSSR count). The summed E-state index contributed by atoms with van der Waals surface area (Å²) in [5.41, 5.74) is 2.40. The average molecular weight is 438 g/mol. The van der Waals surface area contributed by atoms with Crippen LogP contribution >= 0.6 is 0 Å². The highest BCUT2D eigenvalue weighted by atomic mass is 19.1. The van der Waals surface area contributed by atoms with Gasteiger partial charge in [0.2, 0.25) is 0 Å². The van der Waals surface area contributed by atoms with Gasteiger partial charge < -0.3 is 19.6 Å². The van der Waals surface area contributed by atoms with E-state index in [0.29, 0.717) is 18.2 Å². The van der Waals surface area contributed by atoms with E-state index in [1.54, 1.807) is 34.7 Å². The van der Waals surface area contributed by atoms with Crippen LogP contribution in [0.2, 0.25) is 0 Å². The van der Waals surface area contributed by atoms with Crippen LogP contribution in [0.1, 0.15) is 6.92 Å². The van der Waals surface area contributed by atoms with Crippen LogP contribution in [-0.4, -0.2) is 42.7 Å². The van der Waals surface area contributed by atoms with Gasteiger partial charge in [-0.2, -0.15) is 0 Å². The summed E-state index contributed by atoms with van der Waals surface area (Å²) in [6.07, 6.45) is 3.25. The summed E-state index contributed by atoms with van der Waals surface area (Å²) in [7, 11) is 1.62. The Kier molecular flexibility index (Phi) is 5.79. The monoisotopic (exact) mass is 438 g/mol. The Morgan fingerprint density at radius 1 is 1.16 bits per heavy atom. The fourth-order valence-corrected chi connectivity index (χ4v) is 3.07. The number of benzene rings is 2. The molecule has 0 N–H and O–H groups in total. The van der Waals surface area contributed by atoms with Gasteiger partial charge in [0, 0.05) is 10.5 Å². The minimum atomic E-state index is -0.528. The number of hydrogen-bond acceptors (Lipinski definition) is 7. The van der Waals surface area contributed by atoms with Crippen molar-refractivity contribution in [2.45, 2.75) is 19.6 Å². The van der Waals surface area contributed by atoms with Gasteiger partial charge in [-0.15, -0.1) is 5.10 Å². The van der Waals surface area contributed by atoms with Gasteiger partial charge >= 0.3 is 11.8 Å². The van der Waals surface area contributed by atoms with Crippen LogP contribution in [-0.2, 0) is 6.54 Å². The number of nitrogens with zero attached hydrogens (tertiary/aromatic N) is 6. The molecule has 0 fully saturated rings. The van der Waals surface area contributed by atoms with Crippen LogP contribution in [0.4, 0.5) is 10.2 Å². The summed E-state index contributed by atoms with van der Waals surface area (Å²) in [6.45, 7) is 2.52. The predicted octanol–water partition coefficient (Wildman–Crippen LogP) is 3.65. The Balaban J connectivity index is 0.000000174. The molecule has 2 aromatic carbocycles. The highest BCUT2D eigenvalue weighted by molar-refractivity contribution is 5.58. The minimum Gasteiger partial charge on any atom is -0.497 e. The number of halogens is 1. The number of nitro groups is 1. The number of methoxy groups -OCH3 is 1. The van der Waals surface area contributed by atoms with Crippen molar-refractivity contribution in [1.82, 2.24) is 24.5 Å². The molecule has 0 aliphatic carbocycles. The molecule has 1 aliphatic rings. The van der Waals surface area contributed by atoms with Crippen molar-refractivity contribution in [3.63, 3.8) is 0 Å². The smallest absolute Gasteiger partial charge is 0.414 e. The zero-order valence-electron chi connectivity index (χ0n) is 17.3. The van der Waals surface area contributed by atoms with E-state index < -0.39 is 4.92 Å². The van der Waals surface area contributed by atoms with E-state index in [4.69, 9.17) is 9.47 Å². The van der Waals surface area contributed by atoms with E-state index in [0.717, 1.165) is 17.0 Å². The molecule has 0 saturated heterocycles. The van der Waals surface area contributed by atoms with E-state index >= 15 is 0 Å². The molecule has 0 saturated carbocycles. The lowest BCUT2D eigenvalue weighted by molar-refractivity contribution is -0.389. The maximum Gasteiger partial charge on any atom is 0.414 e. The Hall–Kier alpha value is -4.28. The van der Waals surface area contributed by atoms with Crippen molar-refractivity contribution in [3.8, 4) is 28.7 Å². The first-order chi connectivity index (χ1) is 15.4. The molecular weight excluding hydrogens is 419 g/mol. The molecular formula is C21H19FN6O4. The van der Waals surface area contributed by atoms with Gasteiger partial charge in [0.05, 0.1) is 25.5 Å². The molecule has 1 atom stereocenters. The number of ether oxygens (including phenoxy) is 2. The third-order valence-corrected chi connectivity index (χ3v) is 4.64. The maximum absolute atomic E-state index is 12.9. The second-order valence-electron chi connectivity index (χ2n) is 6.97. The second-order valence-corrected chi connectivity index (χ2v) is 6.97. The van der Waals surface area contributed by atoms with Crippen molar-refractivity contribution in [2.24, 2.45) is 0 Å². The molecule has 1 aliphatic heterocycles. The molecule has 164 valence electrons. The highest BCUT2D eigenvalue weighted by Crippen LogP contribution is 2.24. The standard InChI is InChI=1S/C15H12FN3O.C6H7N3O3/c1-20-14-8-6-13(7-9-14)19-10-15(17-18-19)11-2-4-12(16)5-3-11;1-4-2-8-3-5(9(10)11)7-6(8)12-4/h2-10H,1H3;3-4H,2H2,1H3. The van der Waals surface area contributed by atoms with Gasteiger partial charge in [-0.1, -0.05) is 5.21 Å². The zero-order valence-corrected chi connectivity index (χ0v) is 17.3.